The van der Waals surface area contributed by atoms with Crippen molar-refractivity contribution in [2.45, 2.75) is 78.2 Å². The quantitative estimate of drug-likeness (QED) is 0.106. The number of rotatable bonds is 9. The number of hydrogen-bond donors (Lipinski definition) is 0. The fourth-order valence-electron chi connectivity index (χ4n) is 15.4. The lowest BCUT2D eigenvalue weighted by Crippen LogP contribution is -2.73. The third kappa shape index (κ3) is 9.40. The van der Waals surface area contributed by atoms with Crippen LogP contribution in [-0.2, 0) is 10.8 Å². The van der Waals surface area contributed by atoms with E-state index < -0.39 is 13.1 Å². The molecule has 14 aromatic rings. The number of benzene rings is 12. The van der Waals surface area contributed by atoms with Crippen LogP contribution in [0.1, 0.15) is 73.4 Å². The summed E-state index contributed by atoms with van der Waals surface area (Å²) in [6.07, 6.45) is 0. The van der Waals surface area contributed by atoms with Gasteiger partial charge in [0.15, 0.2) is 13.7 Å². The molecule has 0 radical (unpaired) electrons. The Bertz CT molecular complexity index is 5240. The topological polar surface area (TPSA) is 22.9 Å². The highest BCUT2D eigenvalue weighted by Gasteiger charge is 2.53. The molecule has 0 spiro atoms. The van der Waals surface area contributed by atoms with Crippen LogP contribution in [0.4, 0.5) is 60.0 Å². The van der Waals surface area contributed by atoms with E-state index in [2.05, 4.69) is 295 Å². The summed E-state index contributed by atoms with van der Waals surface area (Å²) in [5.41, 5.74) is 17.4. The summed E-state index contributed by atoms with van der Waals surface area (Å²) in [6.45, 7) is 20.1. The monoisotopic (exact) mass is 1250 g/mol. The largest absolute Gasteiger partial charge is 0.454 e. The maximum Gasteiger partial charge on any atom is 0.264 e. The molecule has 93 heavy (non-hydrogen) atoms. The third-order valence-corrected chi connectivity index (χ3v) is 26.6. The van der Waals surface area contributed by atoms with Gasteiger partial charge in [0.05, 0.1) is 17.1 Å². The van der Waals surface area contributed by atoms with Gasteiger partial charge in [-0.15, -0.1) is 11.3 Å². The smallest absolute Gasteiger partial charge is 0.264 e. The van der Waals surface area contributed by atoms with Crippen molar-refractivity contribution in [2.24, 2.45) is 0 Å². The van der Waals surface area contributed by atoms with Crippen LogP contribution in [0.5, 0.6) is 0 Å². The Hall–Kier alpha value is -9.80. The van der Waals surface area contributed by atoms with Gasteiger partial charge in [-0.1, -0.05) is 220 Å². The highest BCUT2D eigenvalue weighted by molar-refractivity contribution is 7.34. The fraction of sp³-hybridized carbons (Fsp3) is 0.143. The molecule has 0 N–H and O–H groups in total. The minimum atomic E-state index is -3.66. The van der Waals surface area contributed by atoms with E-state index in [9.17, 15) is 0 Å². The van der Waals surface area contributed by atoms with E-state index >= 15 is 8.78 Å². The van der Waals surface area contributed by atoms with Crippen molar-refractivity contribution < 1.29 is 13.2 Å². The first-order chi connectivity index (χ1) is 44.8. The number of nitrogens with zero attached hydrogens (tertiary/aromatic N) is 3. The maximum absolute atomic E-state index is 16.6. The number of para-hydroxylation sites is 3. The van der Waals surface area contributed by atoms with Crippen LogP contribution in [0.3, 0.4) is 0 Å². The van der Waals surface area contributed by atoms with E-state index in [-0.39, 0.29) is 29.2 Å². The molecule has 0 atom stereocenters. The van der Waals surface area contributed by atoms with Crippen molar-refractivity contribution in [3.63, 3.8) is 0 Å². The molecule has 9 heteroatoms. The first-order valence-corrected chi connectivity index (χ1v) is 35.1. The third-order valence-electron chi connectivity index (χ3n) is 19.7. The van der Waals surface area contributed by atoms with Crippen molar-refractivity contribution in [1.29, 1.82) is 0 Å². The normalized spacial score (nSPS) is 13.3. The van der Waals surface area contributed by atoms with E-state index in [1.807, 2.05) is 29.5 Å². The van der Waals surface area contributed by atoms with Gasteiger partial charge in [-0.05, 0) is 173 Å². The Morgan fingerprint density at radius 2 is 1.03 bits per heavy atom. The van der Waals surface area contributed by atoms with E-state index in [0.717, 1.165) is 122 Å². The number of halogens is 2. The van der Waals surface area contributed by atoms with Gasteiger partial charge in [-0.25, -0.2) is 8.78 Å². The van der Waals surface area contributed by atoms with Crippen molar-refractivity contribution in [3.05, 3.63) is 284 Å². The van der Waals surface area contributed by atoms with E-state index in [1.54, 1.807) is 12.1 Å². The second kappa shape index (κ2) is 21.7. The predicted octanol–water partition coefficient (Wildman–Crippen LogP) is 20.3. The van der Waals surface area contributed by atoms with Gasteiger partial charge in [0.1, 0.15) is 17.2 Å². The Kier molecular flexibility index (Phi) is 13.6. The molecule has 4 nitrogen and oxygen atoms in total. The minimum Gasteiger partial charge on any atom is -0.454 e. The summed E-state index contributed by atoms with van der Waals surface area (Å²) < 4.78 is 42.9. The molecule has 0 saturated heterocycles. The van der Waals surface area contributed by atoms with Crippen LogP contribution in [-0.4, -0.2) is 14.8 Å². The maximum atomic E-state index is 16.6. The van der Waals surface area contributed by atoms with Crippen molar-refractivity contribution >= 4 is 151 Å². The lowest BCUT2D eigenvalue weighted by molar-refractivity contribution is 0.590. The second-order valence-corrected chi connectivity index (χ2v) is 34.2. The van der Waals surface area contributed by atoms with Gasteiger partial charge < -0.3 is 19.1 Å². The van der Waals surface area contributed by atoms with Crippen molar-refractivity contribution in [1.82, 2.24) is 0 Å². The van der Waals surface area contributed by atoms with Gasteiger partial charge in [-0.2, -0.15) is 0 Å². The van der Waals surface area contributed by atoms with Crippen LogP contribution >= 0.6 is 11.3 Å². The number of hydrogen-bond acceptors (Lipinski definition) is 5. The summed E-state index contributed by atoms with van der Waals surface area (Å²) in [5.74, 6) is -0.671. The fourth-order valence-corrected chi connectivity index (χ4v) is 22.4. The van der Waals surface area contributed by atoms with E-state index in [4.69, 9.17) is 4.42 Å². The Balaban J connectivity index is 1.08. The molecule has 2 aliphatic rings. The Labute approximate surface area is 548 Å². The number of anilines is 9. The van der Waals surface area contributed by atoms with Gasteiger partial charge in [-0.3, -0.25) is 0 Å². The van der Waals surface area contributed by atoms with E-state index in [0.29, 0.717) is 0 Å². The summed E-state index contributed by atoms with van der Waals surface area (Å²) in [7, 11) is -3.66. The zero-order valence-electron chi connectivity index (χ0n) is 53.8. The molecule has 0 bridgehead atoms. The van der Waals surface area contributed by atoms with Gasteiger partial charge >= 0.3 is 0 Å². The summed E-state index contributed by atoms with van der Waals surface area (Å²) in [4.78, 5) is 7.45. The molecule has 2 aromatic heterocycles. The van der Waals surface area contributed by atoms with Crippen molar-refractivity contribution in [2.75, 3.05) is 14.7 Å². The molecule has 2 aliphatic heterocycles. The van der Waals surface area contributed by atoms with Crippen LogP contribution < -0.4 is 46.0 Å². The molecule has 0 unspecified atom stereocenters. The Morgan fingerprint density at radius 3 is 1.70 bits per heavy atom. The van der Waals surface area contributed by atoms with E-state index in [1.165, 1.54) is 38.1 Å². The number of fused-ring (bicyclic) bond motifs is 10. The predicted molar refractivity (Wildman–Crippen MR) is 395 cm³/mol. The SMILES string of the molecule is CC(C)(C)c1ccc(N(c2ccc3c(c2)N(c2cccc4c2oc2ccccc24)c2cc([Si](c4cccc(F)c4)(c4cccc(F)c4)C(C)(C)C)cc4c2B3c2sc3cc5ccccc5cc3c2N4c2ccc(C(C)(C)C)cc2)c2ccccc2-c2ccccc2)cc1. The first kappa shape index (κ1) is 58.3. The molecule has 16 rings (SSSR count). The Morgan fingerprint density at radius 1 is 0.452 bits per heavy atom. The van der Waals surface area contributed by atoms with Crippen LogP contribution in [0.15, 0.2) is 265 Å². The highest BCUT2D eigenvalue weighted by atomic mass is 32.1. The summed E-state index contributed by atoms with van der Waals surface area (Å²) in [6, 6.07) is 92.4. The lowest BCUT2D eigenvalue weighted by atomic mass is 9.36. The first-order valence-electron chi connectivity index (χ1n) is 32.3. The standard InChI is InChI=1S/C84H70BF2N3OSSi/c1-82(2,3)56-36-40-60(41-37-56)88(71-33-17-15-30-66(71)53-22-11-10-12-23-53)62-44-45-70-73(50-62)90(72-34-21-32-68-67-31-16-18-35-76(67)91-80(68)72)75-52-65(93(84(7,8)9,63-28-19-26-58(86)48-63)64-29-20-27-59(87)49-64)51-74-78(75)85(70)81-79(89(74)61-42-38-57(39-43-61)83(4,5)6)69-46-54-24-13-14-25-55(54)47-77(69)92-81/h10-52H,1-9H3. The lowest BCUT2D eigenvalue weighted by Gasteiger charge is -2.48. The molecular weight excluding hydrogens is 1180 g/mol. The summed E-state index contributed by atoms with van der Waals surface area (Å²) in [5, 5.41) is 7.67. The van der Waals surface area contributed by atoms with Gasteiger partial charge in [0.25, 0.3) is 6.71 Å². The van der Waals surface area contributed by atoms with Gasteiger partial charge in [0, 0.05) is 65.3 Å². The zero-order valence-corrected chi connectivity index (χ0v) is 55.6. The van der Waals surface area contributed by atoms with Crippen molar-refractivity contribution in [3.8, 4) is 11.1 Å². The molecule has 0 saturated carbocycles. The molecule has 0 aliphatic carbocycles. The van der Waals surface area contributed by atoms with Crippen LogP contribution in [0.25, 0.3) is 53.9 Å². The molecule has 454 valence electrons. The average Bonchev–Trinajstić information content (AvgIpc) is 1.66. The average molecular weight is 1250 g/mol. The zero-order chi connectivity index (χ0) is 63.9. The molecule has 4 heterocycles. The number of furan rings is 1. The van der Waals surface area contributed by atoms with Crippen LogP contribution in [0, 0.1) is 11.6 Å². The minimum absolute atomic E-state index is 0.0686. The molecular formula is C84H70BF2N3OSSi. The second-order valence-electron chi connectivity index (χ2n) is 28.4. The highest BCUT2D eigenvalue weighted by Crippen LogP contribution is 2.52. The number of thiophene rings is 1. The van der Waals surface area contributed by atoms with Gasteiger partial charge in [0.2, 0.25) is 0 Å². The summed E-state index contributed by atoms with van der Waals surface area (Å²) >= 11 is 1.88. The molecule has 12 aromatic carbocycles. The molecule has 0 fully saturated rings. The van der Waals surface area contributed by atoms with Crippen LogP contribution in [0.2, 0.25) is 5.04 Å². The molecule has 0 amide bonds.